The number of nitrogens with one attached hydrogen (secondary N) is 2. The summed E-state index contributed by atoms with van der Waals surface area (Å²) in [6.45, 7) is 2.03. The lowest BCUT2D eigenvalue weighted by atomic mass is 9.79. The predicted molar refractivity (Wildman–Crippen MR) is 89.7 cm³/mol. The van der Waals surface area contributed by atoms with E-state index >= 15 is 0 Å². The molecule has 23 heavy (non-hydrogen) atoms. The molecule has 0 saturated heterocycles. The van der Waals surface area contributed by atoms with Crippen molar-refractivity contribution in [1.82, 2.24) is 20.5 Å². The molecule has 0 radical (unpaired) electrons. The molecule has 1 heterocycles. The first kappa shape index (κ1) is 15.3. The summed E-state index contributed by atoms with van der Waals surface area (Å²) in [6.07, 6.45) is 7.47. The van der Waals surface area contributed by atoms with Crippen LogP contribution in [0.4, 0.5) is 5.95 Å². The lowest BCUT2D eigenvalue weighted by Crippen LogP contribution is -2.45. The molecule has 1 amide bonds. The number of thioether (sulfide) groups is 1. The molecule has 6 atom stereocenters. The molecule has 4 rings (SSSR count). The van der Waals surface area contributed by atoms with Gasteiger partial charge in [-0.2, -0.15) is 4.98 Å². The van der Waals surface area contributed by atoms with Crippen molar-refractivity contribution in [2.75, 3.05) is 5.73 Å². The third-order valence-electron chi connectivity index (χ3n) is 6.15. The average molecular weight is 335 g/mol. The fourth-order valence-corrected chi connectivity index (χ4v) is 6.12. The van der Waals surface area contributed by atoms with Crippen LogP contribution in [0.15, 0.2) is 5.16 Å². The van der Waals surface area contributed by atoms with Crippen molar-refractivity contribution in [3.63, 3.8) is 0 Å². The summed E-state index contributed by atoms with van der Waals surface area (Å²) in [4.78, 5) is 16.8. The topological polar surface area (TPSA) is 96.7 Å². The highest BCUT2D eigenvalue weighted by Gasteiger charge is 2.54. The highest BCUT2D eigenvalue weighted by molar-refractivity contribution is 8.00. The molecule has 3 saturated carbocycles. The van der Waals surface area contributed by atoms with Crippen LogP contribution in [0.25, 0.3) is 0 Å². The number of aromatic nitrogens is 3. The smallest absolute Gasteiger partial charge is 0.233 e. The van der Waals surface area contributed by atoms with Crippen molar-refractivity contribution >= 4 is 23.6 Å². The Labute approximate surface area is 140 Å². The molecule has 0 aliphatic heterocycles. The predicted octanol–water partition coefficient (Wildman–Crippen LogP) is 2.20. The quantitative estimate of drug-likeness (QED) is 0.717. The van der Waals surface area contributed by atoms with Crippen LogP contribution in [0.2, 0.25) is 0 Å². The third-order valence-corrected chi connectivity index (χ3v) is 7.37. The number of nitrogen functional groups attached to an aromatic ring is 1. The van der Waals surface area contributed by atoms with Crippen LogP contribution in [0, 0.1) is 23.7 Å². The SMILES string of the molecule is CC[C@H](Sc1n[nH]c(N)n1)C(=O)N[C@@H]1C[C@H]2C[C@H]1[C@@H]1CCC[C@H]21. The van der Waals surface area contributed by atoms with Crippen molar-refractivity contribution in [3.05, 3.63) is 0 Å². The van der Waals surface area contributed by atoms with E-state index in [4.69, 9.17) is 5.73 Å². The fourth-order valence-electron chi connectivity index (χ4n) is 5.27. The second-order valence-electron chi connectivity index (χ2n) is 7.29. The van der Waals surface area contributed by atoms with E-state index in [0.717, 1.165) is 30.1 Å². The zero-order valence-electron chi connectivity index (χ0n) is 13.5. The molecule has 3 aliphatic rings. The van der Waals surface area contributed by atoms with Gasteiger partial charge < -0.3 is 11.1 Å². The minimum absolute atomic E-state index is 0.132. The highest BCUT2D eigenvalue weighted by Crippen LogP contribution is 2.58. The van der Waals surface area contributed by atoms with Gasteiger partial charge in [0.15, 0.2) is 0 Å². The van der Waals surface area contributed by atoms with Crippen molar-refractivity contribution in [2.45, 2.75) is 61.9 Å². The van der Waals surface area contributed by atoms with Crippen molar-refractivity contribution in [2.24, 2.45) is 23.7 Å². The monoisotopic (exact) mass is 335 g/mol. The number of nitrogens with zero attached hydrogens (tertiary/aromatic N) is 2. The van der Waals surface area contributed by atoms with Crippen LogP contribution in [0.3, 0.4) is 0 Å². The number of amides is 1. The standard InChI is InChI=1S/C16H25N5OS/c1-2-13(23-16-19-15(17)20-21-16)14(22)18-12-7-8-6-11(12)10-5-3-4-9(8)10/h8-13H,2-7H2,1H3,(H,18,22)(H3,17,19,20,21)/t8-,9-,10-,11+,12-,13+/m1/s1. The van der Waals surface area contributed by atoms with Gasteiger partial charge in [-0.15, -0.1) is 5.10 Å². The number of anilines is 1. The van der Waals surface area contributed by atoms with Gasteiger partial charge in [0, 0.05) is 6.04 Å². The van der Waals surface area contributed by atoms with Crippen molar-refractivity contribution in [1.29, 1.82) is 0 Å². The molecular weight excluding hydrogens is 310 g/mol. The molecule has 0 spiro atoms. The van der Waals surface area contributed by atoms with Gasteiger partial charge in [0.25, 0.3) is 0 Å². The Morgan fingerprint density at radius 1 is 1.39 bits per heavy atom. The second-order valence-corrected chi connectivity index (χ2v) is 8.46. The van der Waals surface area contributed by atoms with Gasteiger partial charge in [-0.25, -0.2) is 5.10 Å². The molecule has 2 bridgehead atoms. The van der Waals surface area contributed by atoms with E-state index in [0.29, 0.717) is 17.1 Å². The Hall–Kier alpha value is -1.24. The molecular formula is C16H25N5OS. The Balaban J connectivity index is 1.37. The van der Waals surface area contributed by atoms with Crippen LogP contribution in [-0.2, 0) is 4.79 Å². The van der Waals surface area contributed by atoms with Gasteiger partial charge in [-0.05, 0) is 55.8 Å². The van der Waals surface area contributed by atoms with Crippen LogP contribution in [-0.4, -0.2) is 32.4 Å². The molecule has 7 heteroatoms. The van der Waals surface area contributed by atoms with E-state index in [1.54, 1.807) is 0 Å². The average Bonchev–Trinajstić information content (AvgIpc) is 3.26. The summed E-state index contributed by atoms with van der Waals surface area (Å²) in [6, 6.07) is 0.388. The Morgan fingerprint density at radius 2 is 2.22 bits per heavy atom. The number of aromatic amines is 1. The minimum Gasteiger partial charge on any atom is -0.368 e. The number of carbonyl (C=O) groups is 1. The number of carbonyl (C=O) groups excluding carboxylic acids is 1. The van der Waals surface area contributed by atoms with Gasteiger partial charge in [0.2, 0.25) is 17.0 Å². The Kier molecular flexibility index (Phi) is 3.99. The first-order chi connectivity index (χ1) is 11.2. The van der Waals surface area contributed by atoms with E-state index in [2.05, 4.69) is 20.5 Å². The maximum Gasteiger partial charge on any atom is 0.233 e. The number of nitrogens with two attached hydrogens (primary N) is 1. The fraction of sp³-hybridized carbons (Fsp3) is 0.812. The summed E-state index contributed by atoms with van der Waals surface area (Å²) in [5, 5.41) is 10.4. The number of hydrogen-bond donors (Lipinski definition) is 3. The molecule has 126 valence electrons. The lowest BCUT2D eigenvalue weighted by molar-refractivity contribution is -0.121. The summed E-state index contributed by atoms with van der Waals surface area (Å²) in [5.41, 5.74) is 5.55. The van der Waals surface area contributed by atoms with Gasteiger partial charge in [0.05, 0.1) is 5.25 Å². The van der Waals surface area contributed by atoms with Crippen LogP contribution in [0.5, 0.6) is 0 Å². The maximum atomic E-state index is 12.7. The summed E-state index contributed by atoms with van der Waals surface area (Å²) < 4.78 is 0. The van der Waals surface area contributed by atoms with E-state index < -0.39 is 0 Å². The molecule has 0 aromatic carbocycles. The van der Waals surface area contributed by atoms with E-state index in [-0.39, 0.29) is 11.2 Å². The number of hydrogen-bond acceptors (Lipinski definition) is 5. The maximum absolute atomic E-state index is 12.7. The van der Waals surface area contributed by atoms with E-state index in [9.17, 15) is 4.79 Å². The normalized spacial score (nSPS) is 36.1. The van der Waals surface area contributed by atoms with Gasteiger partial charge in [0.1, 0.15) is 0 Å². The summed E-state index contributed by atoms with van der Waals surface area (Å²) in [5.74, 6) is 3.84. The number of rotatable bonds is 5. The summed E-state index contributed by atoms with van der Waals surface area (Å²) in [7, 11) is 0. The zero-order valence-corrected chi connectivity index (χ0v) is 14.3. The van der Waals surface area contributed by atoms with Crippen LogP contribution >= 0.6 is 11.8 Å². The largest absolute Gasteiger partial charge is 0.368 e. The molecule has 3 fully saturated rings. The first-order valence-electron chi connectivity index (χ1n) is 8.80. The first-order valence-corrected chi connectivity index (χ1v) is 9.68. The minimum atomic E-state index is -0.149. The molecule has 4 N–H and O–H groups in total. The van der Waals surface area contributed by atoms with Gasteiger partial charge in [-0.1, -0.05) is 25.1 Å². The lowest BCUT2D eigenvalue weighted by Gasteiger charge is -2.32. The second kappa shape index (κ2) is 6.00. The van der Waals surface area contributed by atoms with E-state index in [1.165, 1.54) is 43.9 Å². The number of fused-ring (bicyclic) bond motifs is 5. The Bertz CT molecular complexity index is 591. The van der Waals surface area contributed by atoms with Gasteiger partial charge >= 0.3 is 0 Å². The van der Waals surface area contributed by atoms with Gasteiger partial charge in [-0.3, -0.25) is 4.79 Å². The molecule has 0 unspecified atom stereocenters. The Morgan fingerprint density at radius 3 is 2.96 bits per heavy atom. The molecule has 3 aliphatic carbocycles. The van der Waals surface area contributed by atoms with Crippen LogP contribution < -0.4 is 11.1 Å². The van der Waals surface area contributed by atoms with E-state index in [1.807, 2.05) is 6.92 Å². The number of H-pyrrole nitrogens is 1. The van der Waals surface area contributed by atoms with Crippen molar-refractivity contribution in [3.8, 4) is 0 Å². The molecule has 6 nitrogen and oxygen atoms in total. The van der Waals surface area contributed by atoms with Crippen LogP contribution in [0.1, 0.15) is 45.4 Å². The molecule has 1 aromatic heterocycles. The zero-order chi connectivity index (χ0) is 16.0. The van der Waals surface area contributed by atoms with Crippen molar-refractivity contribution < 1.29 is 4.79 Å². The summed E-state index contributed by atoms with van der Waals surface area (Å²) >= 11 is 1.39. The molecule has 1 aromatic rings. The third kappa shape index (κ3) is 2.73. The highest BCUT2D eigenvalue weighted by atomic mass is 32.2.